The van der Waals surface area contributed by atoms with Crippen molar-refractivity contribution in [1.29, 1.82) is 0 Å². The van der Waals surface area contributed by atoms with Crippen molar-refractivity contribution in [2.45, 2.75) is 72.1 Å². The average Bonchev–Trinajstić information content (AvgIpc) is 3.16. The number of rotatable bonds is 19. The highest BCUT2D eigenvalue weighted by molar-refractivity contribution is 5.92. The van der Waals surface area contributed by atoms with Gasteiger partial charge in [-0.15, -0.1) is 0 Å². The maximum Gasteiger partial charge on any atom is 0.343 e. The highest BCUT2D eigenvalue weighted by Crippen LogP contribution is 2.26. The fraction of sp³-hybridized carbons (Fsp3) is 0.333. The molecule has 0 bridgehead atoms. The van der Waals surface area contributed by atoms with Crippen molar-refractivity contribution in [2.75, 3.05) is 20.3 Å². The summed E-state index contributed by atoms with van der Waals surface area (Å²) in [7, 11) is 1.33. The number of ether oxygens (including phenoxy) is 6. The summed E-state index contributed by atoms with van der Waals surface area (Å²) in [5.74, 6) is -1.73. The van der Waals surface area contributed by atoms with Gasteiger partial charge in [0.05, 0.1) is 24.8 Å². The fourth-order valence-electron chi connectivity index (χ4n) is 4.38. The van der Waals surface area contributed by atoms with E-state index in [9.17, 15) is 28.8 Å². The standard InChI is InChI=1S/C37H40O11.C5H8O2/c1-25(2)35(41)44-23-9-5-7-11-34(40)46-30-18-14-28(15-19-30)37(43)48-32-21-20-31(24-26(32)3)47-36(42)27-12-16-29(17-13-27)45-33(39)10-6-4-8-22-38;1-4(2)5(6)7-3/h12-21,24,38H,1,4-11,22-23H2,2-3H3;1H2,2-3H3. The van der Waals surface area contributed by atoms with Crippen molar-refractivity contribution in [2.24, 2.45) is 0 Å². The van der Waals surface area contributed by atoms with Gasteiger partial charge >= 0.3 is 35.8 Å². The van der Waals surface area contributed by atoms with Crippen molar-refractivity contribution >= 4 is 35.8 Å². The second-order valence-electron chi connectivity index (χ2n) is 12.2. The molecule has 0 aliphatic carbocycles. The first-order valence-corrected chi connectivity index (χ1v) is 17.6. The molecule has 0 saturated heterocycles. The van der Waals surface area contributed by atoms with E-state index in [4.69, 9.17) is 28.8 Å². The lowest BCUT2D eigenvalue weighted by Gasteiger charge is -2.11. The number of aryl methyl sites for hydroxylation is 1. The predicted molar refractivity (Wildman–Crippen MR) is 202 cm³/mol. The first-order valence-electron chi connectivity index (χ1n) is 17.6. The Morgan fingerprint density at radius 1 is 0.582 bits per heavy atom. The van der Waals surface area contributed by atoms with E-state index in [0.717, 1.165) is 6.42 Å². The average molecular weight is 761 g/mol. The Hall–Kier alpha value is -6.08. The minimum atomic E-state index is -0.626. The van der Waals surface area contributed by atoms with Gasteiger partial charge in [-0.25, -0.2) is 19.2 Å². The van der Waals surface area contributed by atoms with Gasteiger partial charge in [0.1, 0.15) is 23.0 Å². The maximum atomic E-state index is 12.7. The third kappa shape index (κ3) is 17.5. The molecule has 3 rings (SSSR count). The van der Waals surface area contributed by atoms with Crippen LogP contribution in [0.3, 0.4) is 0 Å². The number of aliphatic hydroxyl groups excluding tert-OH is 1. The van der Waals surface area contributed by atoms with Crippen molar-refractivity contribution in [3.63, 3.8) is 0 Å². The largest absolute Gasteiger partial charge is 0.466 e. The smallest absolute Gasteiger partial charge is 0.343 e. The number of carbonyl (C=O) groups excluding carboxylic acids is 6. The molecule has 0 spiro atoms. The number of aliphatic hydroxyl groups is 1. The van der Waals surface area contributed by atoms with Crippen molar-refractivity contribution in [1.82, 2.24) is 0 Å². The number of hydrogen-bond donors (Lipinski definition) is 1. The molecular formula is C42H48O13. The molecule has 0 heterocycles. The van der Waals surface area contributed by atoms with Gasteiger partial charge in [0.2, 0.25) is 0 Å². The van der Waals surface area contributed by atoms with E-state index in [2.05, 4.69) is 17.9 Å². The van der Waals surface area contributed by atoms with E-state index in [1.54, 1.807) is 26.8 Å². The van der Waals surface area contributed by atoms with E-state index in [0.29, 0.717) is 54.6 Å². The first kappa shape index (κ1) is 45.1. The molecule has 0 amide bonds. The number of carbonyl (C=O) groups is 6. The minimum absolute atomic E-state index is 0.0887. The summed E-state index contributed by atoms with van der Waals surface area (Å²) < 4.78 is 30.8. The zero-order valence-corrected chi connectivity index (χ0v) is 31.7. The first-order chi connectivity index (χ1) is 26.2. The van der Waals surface area contributed by atoms with Gasteiger partial charge in [-0.3, -0.25) is 9.59 Å². The summed E-state index contributed by atoms with van der Waals surface area (Å²) in [6.07, 6.45) is 4.31. The molecule has 0 atom stereocenters. The van der Waals surface area contributed by atoms with Crippen molar-refractivity contribution in [3.8, 4) is 23.0 Å². The fourth-order valence-corrected chi connectivity index (χ4v) is 4.38. The van der Waals surface area contributed by atoms with E-state index in [1.807, 2.05) is 0 Å². The van der Waals surface area contributed by atoms with Crippen LogP contribution in [0.1, 0.15) is 91.5 Å². The number of methoxy groups -OCH3 is 1. The van der Waals surface area contributed by atoms with Crippen LogP contribution in [0.2, 0.25) is 0 Å². The topological polar surface area (TPSA) is 178 Å². The van der Waals surface area contributed by atoms with Crippen LogP contribution >= 0.6 is 0 Å². The summed E-state index contributed by atoms with van der Waals surface area (Å²) in [4.78, 5) is 71.0. The molecule has 55 heavy (non-hydrogen) atoms. The Balaban J connectivity index is 0.00000136. The molecule has 294 valence electrons. The van der Waals surface area contributed by atoms with Crippen LogP contribution in [0.4, 0.5) is 0 Å². The predicted octanol–water partition coefficient (Wildman–Crippen LogP) is 7.21. The Kier molecular flexibility index (Phi) is 19.9. The number of benzene rings is 3. The normalized spacial score (nSPS) is 10.1. The molecule has 0 unspecified atom stereocenters. The minimum Gasteiger partial charge on any atom is -0.466 e. The SMILES string of the molecule is C=C(C)C(=O)OC.C=C(C)C(=O)OCCCCCC(=O)Oc1ccc(C(=O)Oc2ccc(OC(=O)c3ccc(OC(=O)CCCCCO)cc3)cc2C)cc1. The highest BCUT2D eigenvalue weighted by Gasteiger charge is 2.15. The van der Waals surface area contributed by atoms with Gasteiger partial charge in [0.25, 0.3) is 0 Å². The van der Waals surface area contributed by atoms with Gasteiger partial charge in [-0.05, 0) is 125 Å². The number of hydrogen-bond acceptors (Lipinski definition) is 13. The number of unbranched alkanes of at least 4 members (excludes halogenated alkanes) is 4. The van der Waals surface area contributed by atoms with Gasteiger partial charge < -0.3 is 33.5 Å². The van der Waals surface area contributed by atoms with E-state index in [1.165, 1.54) is 67.8 Å². The molecular weight excluding hydrogens is 712 g/mol. The molecule has 13 heteroatoms. The Morgan fingerprint density at radius 2 is 1.05 bits per heavy atom. The maximum absolute atomic E-state index is 12.7. The van der Waals surface area contributed by atoms with Crippen LogP contribution in [-0.2, 0) is 28.7 Å². The molecule has 13 nitrogen and oxygen atoms in total. The summed E-state index contributed by atoms with van der Waals surface area (Å²) in [6, 6.07) is 16.5. The van der Waals surface area contributed by atoms with Gasteiger partial charge in [0.15, 0.2) is 0 Å². The third-order valence-corrected chi connectivity index (χ3v) is 7.38. The Morgan fingerprint density at radius 3 is 1.49 bits per heavy atom. The molecule has 3 aromatic carbocycles. The summed E-state index contributed by atoms with van der Waals surface area (Å²) in [6.45, 7) is 12.1. The van der Waals surface area contributed by atoms with Crippen LogP contribution in [0, 0.1) is 6.92 Å². The Labute approximate surface area is 320 Å². The second-order valence-corrected chi connectivity index (χ2v) is 12.2. The molecule has 0 saturated carbocycles. The number of esters is 6. The monoisotopic (exact) mass is 760 g/mol. The van der Waals surface area contributed by atoms with Gasteiger partial charge in [-0.2, -0.15) is 0 Å². The van der Waals surface area contributed by atoms with E-state index in [-0.39, 0.29) is 60.4 Å². The van der Waals surface area contributed by atoms with E-state index < -0.39 is 29.8 Å². The molecule has 0 aliphatic rings. The third-order valence-electron chi connectivity index (χ3n) is 7.38. The van der Waals surface area contributed by atoms with Crippen LogP contribution in [-0.4, -0.2) is 61.2 Å². The zero-order chi connectivity index (χ0) is 40.8. The quantitative estimate of drug-likeness (QED) is 0.0561. The van der Waals surface area contributed by atoms with Crippen molar-refractivity contribution < 1.29 is 62.3 Å². The molecule has 0 radical (unpaired) electrons. The highest BCUT2D eigenvalue weighted by atomic mass is 16.6. The summed E-state index contributed by atoms with van der Waals surface area (Å²) >= 11 is 0. The van der Waals surface area contributed by atoms with Crippen molar-refractivity contribution in [3.05, 3.63) is 108 Å². The zero-order valence-electron chi connectivity index (χ0n) is 31.7. The lowest BCUT2D eigenvalue weighted by molar-refractivity contribution is -0.139. The summed E-state index contributed by atoms with van der Waals surface area (Å²) in [5.41, 5.74) is 1.81. The molecule has 0 fully saturated rings. The van der Waals surface area contributed by atoms with Crippen LogP contribution in [0.5, 0.6) is 23.0 Å². The van der Waals surface area contributed by atoms with Crippen LogP contribution in [0.15, 0.2) is 91.0 Å². The summed E-state index contributed by atoms with van der Waals surface area (Å²) in [5, 5.41) is 8.81. The molecule has 3 aromatic rings. The van der Waals surface area contributed by atoms with E-state index >= 15 is 0 Å². The molecule has 0 aliphatic heterocycles. The van der Waals surface area contributed by atoms with Crippen LogP contribution in [0.25, 0.3) is 0 Å². The Bertz CT molecular complexity index is 1790. The second kappa shape index (κ2) is 24.3. The molecule has 0 aromatic heterocycles. The lowest BCUT2D eigenvalue weighted by Crippen LogP contribution is -2.11. The van der Waals surface area contributed by atoms with Gasteiger partial charge in [0, 0.05) is 30.6 Å². The van der Waals surface area contributed by atoms with Crippen LogP contribution < -0.4 is 18.9 Å². The molecule has 1 N–H and O–H groups in total. The lowest BCUT2D eigenvalue weighted by atomic mass is 10.2. The van der Waals surface area contributed by atoms with Gasteiger partial charge in [-0.1, -0.05) is 19.6 Å².